The maximum atomic E-state index is 10.6. The summed E-state index contributed by atoms with van der Waals surface area (Å²) in [5.74, 6) is -0.994. The van der Waals surface area contributed by atoms with E-state index < -0.39 is 5.97 Å². The second-order valence-corrected chi connectivity index (χ2v) is 3.15. The van der Waals surface area contributed by atoms with Gasteiger partial charge in [-0.2, -0.15) is 0 Å². The van der Waals surface area contributed by atoms with E-state index in [0.29, 0.717) is 26.2 Å². The summed E-state index contributed by atoms with van der Waals surface area (Å²) in [6.45, 7) is 3.37. The number of carbonyl (C=O) groups excluding carboxylic acids is 1. The van der Waals surface area contributed by atoms with Crippen molar-refractivity contribution in [3.63, 3.8) is 0 Å². The zero-order valence-corrected chi connectivity index (χ0v) is 9.15. The average Bonchev–Trinajstić information content (AvgIpc) is 2.12. The van der Waals surface area contributed by atoms with Crippen LogP contribution in [0.2, 0.25) is 0 Å². The van der Waals surface area contributed by atoms with Gasteiger partial charge in [0.05, 0.1) is 13.2 Å². The number of carbonyl (C=O) groups is 2. The van der Waals surface area contributed by atoms with Gasteiger partial charge in [-0.3, -0.25) is 14.5 Å². The molecule has 15 heavy (non-hydrogen) atoms. The molecule has 0 radical (unpaired) electrons. The van der Waals surface area contributed by atoms with E-state index in [1.54, 1.807) is 12.0 Å². The molecule has 0 aliphatic rings. The first-order valence-electron chi connectivity index (χ1n) is 4.73. The molecular weight excluding hydrogens is 200 g/mol. The van der Waals surface area contributed by atoms with E-state index in [9.17, 15) is 9.59 Å². The molecule has 0 unspecified atom stereocenters. The van der Waals surface area contributed by atoms with E-state index in [-0.39, 0.29) is 12.5 Å². The number of aliphatic carboxylic acids is 1. The Morgan fingerprint density at radius 2 is 2.07 bits per heavy atom. The number of hydrogen-bond acceptors (Lipinski definition) is 4. The highest BCUT2D eigenvalue weighted by Crippen LogP contribution is 1.87. The van der Waals surface area contributed by atoms with Gasteiger partial charge in [0.15, 0.2) is 0 Å². The van der Waals surface area contributed by atoms with E-state index in [1.165, 1.54) is 6.92 Å². The lowest BCUT2D eigenvalue weighted by Gasteiger charge is -2.19. The monoisotopic (exact) mass is 218 g/mol. The van der Waals surface area contributed by atoms with Crippen LogP contribution in [-0.4, -0.2) is 61.8 Å². The summed E-state index contributed by atoms with van der Waals surface area (Å²) in [5.41, 5.74) is 0. The first-order valence-corrected chi connectivity index (χ1v) is 4.73. The summed E-state index contributed by atoms with van der Waals surface area (Å²) in [4.78, 5) is 22.8. The molecule has 0 bridgehead atoms. The van der Waals surface area contributed by atoms with E-state index >= 15 is 0 Å². The normalized spacial score (nSPS) is 10.3. The largest absolute Gasteiger partial charge is 0.480 e. The number of carboxylic acid groups (broad SMARTS) is 1. The van der Waals surface area contributed by atoms with Gasteiger partial charge in [-0.25, -0.2) is 0 Å². The average molecular weight is 218 g/mol. The lowest BCUT2D eigenvalue weighted by molar-refractivity contribution is -0.138. The Morgan fingerprint density at radius 3 is 2.53 bits per heavy atom. The molecule has 0 spiro atoms. The van der Waals surface area contributed by atoms with E-state index in [4.69, 9.17) is 9.84 Å². The molecule has 2 N–H and O–H groups in total. The molecule has 0 fully saturated rings. The highest BCUT2D eigenvalue weighted by molar-refractivity contribution is 5.72. The van der Waals surface area contributed by atoms with Gasteiger partial charge in [0.1, 0.15) is 0 Å². The number of nitrogens with one attached hydrogen (secondary N) is 1. The molecule has 6 nitrogen and oxygen atoms in total. The molecule has 0 aromatic rings. The van der Waals surface area contributed by atoms with Crippen molar-refractivity contribution < 1.29 is 19.4 Å². The first-order chi connectivity index (χ1) is 7.06. The van der Waals surface area contributed by atoms with Crippen LogP contribution in [0, 0.1) is 0 Å². The zero-order valence-electron chi connectivity index (χ0n) is 9.15. The van der Waals surface area contributed by atoms with Crippen molar-refractivity contribution in [2.24, 2.45) is 0 Å². The third kappa shape index (κ3) is 9.17. The van der Waals surface area contributed by atoms with E-state index in [1.807, 2.05) is 0 Å². The molecule has 0 aliphatic carbocycles. The SMILES string of the molecule is COCCN(CCNC(C)=O)CC(=O)O. The topological polar surface area (TPSA) is 78.9 Å². The molecule has 0 aromatic carbocycles. The minimum absolute atomic E-state index is 0.0387. The van der Waals surface area contributed by atoms with Crippen molar-refractivity contribution in [2.45, 2.75) is 6.92 Å². The van der Waals surface area contributed by atoms with Gasteiger partial charge in [0.25, 0.3) is 0 Å². The second-order valence-electron chi connectivity index (χ2n) is 3.15. The van der Waals surface area contributed by atoms with Gasteiger partial charge < -0.3 is 15.2 Å². The summed E-state index contributed by atoms with van der Waals surface area (Å²) in [7, 11) is 1.56. The predicted octanol–water partition coefficient (Wildman–Crippen LogP) is -0.844. The van der Waals surface area contributed by atoms with Crippen LogP contribution >= 0.6 is 0 Å². The molecular formula is C9H18N2O4. The van der Waals surface area contributed by atoms with Gasteiger partial charge in [-0.15, -0.1) is 0 Å². The van der Waals surface area contributed by atoms with Gasteiger partial charge in [0, 0.05) is 33.7 Å². The fourth-order valence-electron chi connectivity index (χ4n) is 1.07. The number of carboxylic acids is 1. The fraction of sp³-hybridized carbons (Fsp3) is 0.778. The molecule has 0 aliphatic heterocycles. The molecule has 0 rings (SSSR count). The highest BCUT2D eigenvalue weighted by Gasteiger charge is 2.08. The lowest BCUT2D eigenvalue weighted by Crippen LogP contribution is -2.38. The second kappa shape index (κ2) is 8.19. The summed E-state index contributed by atoms with van der Waals surface area (Å²) in [6.07, 6.45) is 0. The first kappa shape index (κ1) is 13.9. The Labute approximate surface area is 89.2 Å². The molecule has 0 heterocycles. The van der Waals surface area contributed by atoms with Crippen LogP contribution in [0.5, 0.6) is 0 Å². The van der Waals surface area contributed by atoms with Crippen molar-refractivity contribution in [3.8, 4) is 0 Å². The van der Waals surface area contributed by atoms with Crippen LogP contribution in [0.4, 0.5) is 0 Å². The third-order valence-corrected chi connectivity index (χ3v) is 1.77. The molecule has 88 valence electrons. The minimum Gasteiger partial charge on any atom is -0.480 e. The molecule has 6 heteroatoms. The Morgan fingerprint density at radius 1 is 1.40 bits per heavy atom. The summed E-state index contributed by atoms with van der Waals surface area (Å²) < 4.78 is 4.86. The maximum absolute atomic E-state index is 10.6. The Balaban J connectivity index is 3.78. The Kier molecular flexibility index (Phi) is 7.57. The van der Waals surface area contributed by atoms with Crippen molar-refractivity contribution >= 4 is 11.9 Å². The van der Waals surface area contributed by atoms with Crippen molar-refractivity contribution in [1.29, 1.82) is 0 Å². The van der Waals surface area contributed by atoms with E-state index in [0.717, 1.165) is 0 Å². The van der Waals surface area contributed by atoms with Crippen LogP contribution < -0.4 is 5.32 Å². The van der Waals surface area contributed by atoms with Gasteiger partial charge in [-0.05, 0) is 0 Å². The van der Waals surface area contributed by atoms with Crippen LogP contribution in [0.15, 0.2) is 0 Å². The number of rotatable bonds is 8. The molecule has 0 atom stereocenters. The van der Waals surface area contributed by atoms with Crippen LogP contribution in [0.3, 0.4) is 0 Å². The van der Waals surface area contributed by atoms with Gasteiger partial charge in [0.2, 0.25) is 5.91 Å². The quantitative estimate of drug-likeness (QED) is 0.555. The molecule has 0 aromatic heterocycles. The summed E-state index contributed by atoms with van der Waals surface area (Å²) in [6, 6.07) is 0. The van der Waals surface area contributed by atoms with Gasteiger partial charge in [-0.1, -0.05) is 0 Å². The molecule has 0 saturated heterocycles. The number of methoxy groups -OCH3 is 1. The highest BCUT2D eigenvalue weighted by atomic mass is 16.5. The van der Waals surface area contributed by atoms with Crippen LogP contribution in [-0.2, 0) is 14.3 Å². The Hall–Kier alpha value is -1.14. The number of nitrogens with zero attached hydrogens (tertiary/aromatic N) is 1. The zero-order chi connectivity index (χ0) is 11.7. The summed E-state index contributed by atoms with van der Waals surface area (Å²) >= 11 is 0. The molecule has 0 saturated carbocycles. The number of amides is 1. The van der Waals surface area contributed by atoms with Crippen LogP contribution in [0.1, 0.15) is 6.92 Å². The maximum Gasteiger partial charge on any atom is 0.317 e. The van der Waals surface area contributed by atoms with Crippen molar-refractivity contribution in [2.75, 3.05) is 39.9 Å². The fourth-order valence-corrected chi connectivity index (χ4v) is 1.07. The third-order valence-electron chi connectivity index (χ3n) is 1.77. The van der Waals surface area contributed by atoms with Gasteiger partial charge >= 0.3 is 5.97 Å². The standard InChI is InChI=1S/C9H18N2O4/c1-8(12)10-3-4-11(5-6-15-2)7-9(13)14/h3-7H2,1-2H3,(H,10,12)(H,13,14). The summed E-state index contributed by atoms with van der Waals surface area (Å²) in [5, 5.41) is 11.2. The van der Waals surface area contributed by atoms with Crippen molar-refractivity contribution in [1.82, 2.24) is 10.2 Å². The Bertz CT molecular complexity index is 208. The smallest absolute Gasteiger partial charge is 0.317 e. The van der Waals surface area contributed by atoms with E-state index in [2.05, 4.69) is 5.32 Å². The number of ether oxygens (including phenoxy) is 1. The predicted molar refractivity (Wildman–Crippen MR) is 54.6 cm³/mol. The number of hydrogen-bond donors (Lipinski definition) is 2. The van der Waals surface area contributed by atoms with Crippen LogP contribution in [0.25, 0.3) is 0 Å². The minimum atomic E-state index is -0.881. The lowest BCUT2D eigenvalue weighted by atomic mass is 10.4. The molecule has 1 amide bonds. The van der Waals surface area contributed by atoms with Crippen molar-refractivity contribution in [3.05, 3.63) is 0 Å².